The lowest BCUT2D eigenvalue weighted by atomic mass is 9.73. The van der Waals surface area contributed by atoms with Crippen molar-refractivity contribution < 1.29 is 19.4 Å². The molecular weight excluding hydrogens is 349 g/mol. The first-order valence-corrected chi connectivity index (χ1v) is 9.06. The summed E-state index contributed by atoms with van der Waals surface area (Å²) in [6, 6.07) is 9.56. The molecule has 3 rings (SSSR count). The van der Waals surface area contributed by atoms with Crippen LogP contribution in [0.2, 0.25) is 0 Å². The number of piperidine rings is 1. The van der Waals surface area contributed by atoms with Gasteiger partial charge in [-0.05, 0) is 48.6 Å². The van der Waals surface area contributed by atoms with E-state index < -0.39 is 23.3 Å². The maximum atomic E-state index is 13.6. The van der Waals surface area contributed by atoms with Crippen molar-refractivity contribution in [1.82, 2.24) is 10.2 Å². The lowest BCUT2D eigenvalue weighted by Crippen LogP contribution is -2.57. The van der Waals surface area contributed by atoms with Gasteiger partial charge in [-0.1, -0.05) is 26.0 Å². The Hall–Kier alpha value is -2.54. The number of carbonyl (C=O) groups is 1. The van der Waals surface area contributed by atoms with Gasteiger partial charge in [0.2, 0.25) is 0 Å². The molecular formula is C20H24FN3O3. The summed E-state index contributed by atoms with van der Waals surface area (Å²) in [4.78, 5) is 14.0. The molecule has 1 aliphatic rings. The first-order chi connectivity index (χ1) is 12.8. The number of nitrogens with zero attached hydrogens (tertiary/aromatic N) is 3. The minimum Gasteiger partial charge on any atom is -0.481 e. The van der Waals surface area contributed by atoms with Crippen LogP contribution in [0.25, 0.3) is 0 Å². The van der Waals surface area contributed by atoms with E-state index in [2.05, 4.69) is 10.2 Å². The second-order valence-corrected chi connectivity index (χ2v) is 7.47. The Kier molecular flexibility index (Phi) is 5.41. The molecule has 0 unspecified atom stereocenters. The van der Waals surface area contributed by atoms with Gasteiger partial charge in [-0.25, -0.2) is 4.39 Å². The average molecular weight is 373 g/mol. The van der Waals surface area contributed by atoms with Crippen LogP contribution in [0.1, 0.15) is 37.4 Å². The molecule has 0 amide bonds. The standard InChI is InChI=1S/C20H24FN3O3/c1-13(2)16-6-7-18(23-22-16)24-9-8-17(25)20(12-24,19(26)27)11-14-4-3-5-15(21)10-14/h3-7,10,13,17,25H,8-9,11-12H2,1-2H3,(H,26,27)/t17-,20+/m0/s1. The second-order valence-electron chi connectivity index (χ2n) is 7.47. The summed E-state index contributed by atoms with van der Waals surface area (Å²) in [6.07, 6.45) is -0.706. The smallest absolute Gasteiger partial charge is 0.314 e. The predicted octanol–water partition coefficient (Wildman–Crippen LogP) is 2.62. The normalized spacial score (nSPS) is 22.9. The molecule has 2 N–H and O–H groups in total. The van der Waals surface area contributed by atoms with Crippen LogP contribution in [0.3, 0.4) is 0 Å². The zero-order valence-corrected chi connectivity index (χ0v) is 15.5. The van der Waals surface area contributed by atoms with Gasteiger partial charge in [0.15, 0.2) is 5.82 Å². The zero-order valence-electron chi connectivity index (χ0n) is 15.5. The van der Waals surface area contributed by atoms with Gasteiger partial charge in [-0.3, -0.25) is 4.79 Å². The Morgan fingerprint density at radius 3 is 2.70 bits per heavy atom. The maximum absolute atomic E-state index is 13.6. The van der Waals surface area contributed by atoms with Crippen molar-refractivity contribution >= 4 is 11.8 Å². The van der Waals surface area contributed by atoms with Crippen LogP contribution < -0.4 is 4.90 Å². The van der Waals surface area contributed by atoms with Crippen LogP contribution in [-0.2, 0) is 11.2 Å². The van der Waals surface area contributed by atoms with E-state index in [0.717, 1.165) is 5.69 Å². The lowest BCUT2D eigenvalue weighted by molar-refractivity contribution is -0.157. The van der Waals surface area contributed by atoms with E-state index >= 15 is 0 Å². The Morgan fingerprint density at radius 2 is 2.11 bits per heavy atom. The fourth-order valence-electron chi connectivity index (χ4n) is 3.56. The van der Waals surface area contributed by atoms with E-state index in [1.807, 2.05) is 30.9 Å². The third kappa shape index (κ3) is 3.93. The number of benzene rings is 1. The molecule has 2 atom stereocenters. The summed E-state index contributed by atoms with van der Waals surface area (Å²) in [5.41, 5.74) is -0.0376. The fourth-order valence-corrected chi connectivity index (χ4v) is 3.56. The van der Waals surface area contributed by atoms with Crippen molar-refractivity contribution in [2.75, 3.05) is 18.0 Å². The van der Waals surface area contributed by atoms with Crippen LogP contribution in [0, 0.1) is 11.2 Å². The molecule has 0 aliphatic carbocycles. The molecule has 1 aliphatic heterocycles. The number of rotatable bonds is 5. The second kappa shape index (κ2) is 7.60. The number of carboxylic acids is 1. The Balaban J connectivity index is 1.89. The Labute approximate surface area is 157 Å². The number of anilines is 1. The molecule has 1 fully saturated rings. The van der Waals surface area contributed by atoms with Crippen molar-refractivity contribution in [2.24, 2.45) is 5.41 Å². The Morgan fingerprint density at radius 1 is 1.33 bits per heavy atom. The number of aliphatic hydroxyl groups excluding tert-OH is 1. The predicted molar refractivity (Wildman–Crippen MR) is 99.1 cm³/mol. The summed E-state index contributed by atoms with van der Waals surface area (Å²) in [5.74, 6) is -0.696. The molecule has 0 radical (unpaired) electrons. The van der Waals surface area contributed by atoms with E-state index in [4.69, 9.17) is 0 Å². The number of halogens is 1. The van der Waals surface area contributed by atoms with Gasteiger partial charge in [0.1, 0.15) is 11.2 Å². The van der Waals surface area contributed by atoms with Gasteiger partial charge in [0, 0.05) is 13.1 Å². The molecule has 0 bridgehead atoms. The Bertz CT molecular complexity index is 812. The first-order valence-electron chi connectivity index (χ1n) is 9.06. The van der Waals surface area contributed by atoms with Crippen molar-refractivity contribution in [3.63, 3.8) is 0 Å². The number of carboxylic acid groups (broad SMARTS) is 1. The summed E-state index contributed by atoms with van der Waals surface area (Å²) < 4.78 is 13.6. The lowest BCUT2D eigenvalue weighted by Gasteiger charge is -2.43. The number of aliphatic hydroxyl groups is 1. The van der Waals surface area contributed by atoms with E-state index in [9.17, 15) is 19.4 Å². The van der Waals surface area contributed by atoms with E-state index in [1.165, 1.54) is 12.1 Å². The number of aromatic nitrogens is 2. The topological polar surface area (TPSA) is 86.5 Å². The third-order valence-corrected chi connectivity index (χ3v) is 5.20. The quantitative estimate of drug-likeness (QED) is 0.838. The molecule has 1 aromatic heterocycles. The van der Waals surface area contributed by atoms with Crippen LogP contribution in [-0.4, -0.2) is 45.6 Å². The van der Waals surface area contributed by atoms with E-state index in [-0.39, 0.29) is 25.3 Å². The van der Waals surface area contributed by atoms with Crippen LogP contribution in [0.5, 0.6) is 0 Å². The number of hydrogen-bond donors (Lipinski definition) is 2. The van der Waals surface area contributed by atoms with Crippen molar-refractivity contribution in [3.8, 4) is 0 Å². The van der Waals surface area contributed by atoms with Gasteiger partial charge in [0.25, 0.3) is 0 Å². The molecule has 7 heteroatoms. The highest BCUT2D eigenvalue weighted by molar-refractivity contribution is 5.77. The highest BCUT2D eigenvalue weighted by Gasteiger charge is 2.49. The summed E-state index contributed by atoms with van der Waals surface area (Å²) in [7, 11) is 0. The van der Waals surface area contributed by atoms with Crippen molar-refractivity contribution in [1.29, 1.82) is 0 Å². The maximum Gasteiger partial charge on any atom is 0.314 e. The van der Waals surface area contributed by atoms with Gasteiger partial charge >= 0.3 is 5.97 Å². The van der Waals surface area contributed by atoms with Gasteiger partial charge in [-0.2, -0.15) is 5.10 Å². The third-order valence-electron chi connectivity index (χ3n) is 5.20. The molecule has 144 valence electrons. The molecule has 1 saturated heterocycles. The monoisotopic (exact) mass is 373 g/mol. The molecule has 2 heterocycles. The summed E-state index contributed by atoms with van der Waals surface area (Å²) in [6.45, 7) is 4.61. The number of hydrogen-bond acceptors (Lipinski definition) is 5. The molecule has 2 aromatic rings. The molecule has 6 nitrogen and oxygen atoms in total. The van der Waals surface area contributed by atoms with E-state index in [1.54, 1.807) is 12.1 Å². The average Bonchev–Trinajstić information content (AvgIpc) is 2.63. The largest absolute Gasteiger partial charge is 0.481 e. The van der Waals surface area contributed by atoms with Crippen LogP contribution in [0.4, 0.5) is 10.2 Å². The zero-order chi connectivity index (χ0) is 19.6. The highest BCUT2D eigenvalue weighted by atomic mass is 19.1. The van der Waals surface area contributed by atoms with Crippen molar-refractivity contribution in [2.45, 2.75) is 38.7 Å². The SMILES string of the molecule is CC(C)c1ccc(N2CC[C@H](O)[C@](Cc3cccc(F)c3)(C(=O)O)C2)nn1. The molecule has 0 saturated carbocycles. The van der Waals surface area contributed by atoms with Crippen LogP contribution >= 0.6 is 0 Å². The molecule has 27 heavy (non-hydrogen) atoms. The highest BCUT2D eigenvalue weighted by Crippen LogP contribution is 2.36. The van der Waals surface area contributed by atoms with Gasteiger partial charge in [-0.15, -0.1) is 5.10 Å². The summed E-state index contributed by atoms with van der Waals surface area (Å²) in [5, 5.41) is 29.0. The van der Waals surface area contributed by atoms with Crippen molar-refractivity contribution in [3.05, 3.63) is 53.5 Å². The fraction of sp³-hybridized carbons (Fsp3) is 0.450. The molecule has 0 spiro atoms. The summed E-state index contributed by atoms with van der Waals surface area (Å²) >= 11 is 0. The van der Waals surface area contributed by atoms with Crippen LogP contribution in [0.15, 0.2) is 36.4 Å². The van der Waals surface area contributed by atoms with Gasteiger partial charge < -0.3 is 15.1 Å². The minimum absolute atomic E-state index is 0.0370. The first kappa shape index (κ1) is 19.2. The minimum atomic E-state index is -1.44. The molecule has 1 aromatic carbocycles. The van der Waals surface area contributed by atoms with E-state index in [0.29, 0.717) is 17.9 Å². The van der Waals surface area contributed by atoms with Gasteiger partial charge in [0.05, 0.1) is 11.8 Å². The number of aliphatic carboxylic acids is 1.